The number of pyridine rings is 1. The summed E-state index contributed by atoms with van der Waals surface area (Å²) in [4.78, 5) is 46.1. The molecule has 11 nitrogen and oxygen atoms in total. The van der Waals surface area contributed by atoms with Gasteiger partial charge in [-0.25, -0.2) is 0 Å². The van der Waals surface area contributed by atoms with E-state index in [9.17, 15) is 29.8 Å². The average molecular weight is 540 g/mol. The molecular formula is C26H26ClN5O6. The molecule has 0 saturated heterocycles. The van der Waals surface area contributed by atoms with E-state index in [1.165, 1.54) is 48.5 Å². The van der Waals surface area contributed by atoms with Crippen molar-refractivity contribution < 1.29 is 36.4 Å². The molecule has 0 unspecified atom stereocenters. The molecule has 198 valence electrons. The zero-order valence-corrected chi connectivity index (χ0v) is 21.6. The highest BCUT2D eigenvalue weighted by molar-refractivity contribution is 5.95. The fourth-order valence-corrected chi connectivity index (χ4v) is 4.70. The second-order valence-electron chi connectivity index (χ2n) is 8.84. The standard InChI is InChI=1S/C26H25N5O6.ClH/c1-16-22(14-27-25(32)18-5-9-20(10-6-18)30(34)35)17(2)29-13-3-4-24(29)23(16)15-28-26(33)19-7-11-21(12-8-19)31(36)37;/h5-12H,3-4,13-15H2,1-2H3,(H-,27,28,32,33);1H. The Bertz CT molecular complexity index is 1410. The highest BCUT2D eigenvalue weighted by Crippen LogP contribution is 2.24. The zero-order valence-electron chi connectivity index (χ0n) is 20.8. The minimum atomic E-state index is -0.516. The fourth-order valence-electron chi connectivity index (χ4n) is 4.70. The number of benzene rings is 2. The first-order valence-electron chi connectivity index (χ1n) is 11.8. The molecule has 0 atom stereocenters. The third-order valence-corrected chi connectivity index (χ3v) is 6.75. The van der Waals surface area contributed by atoms with Crippen molar-refractivity contribution in [1.29, 1.82) is 0 Å². The van der Waals surface area contributed by atoms with Gasteiger partial charge in [0.05, 0.1) is 9.85 Å². The summed E-state index contributed by atoms with van der Waals surface area (Å²) in [7, 11) is 0. The van der Waals surface area contributed by atoms with E-state index in [1.54, 1.807) is 0 Å². The van der Waals surface area contributed by atoms with Crippen LogP contribution >= 0.6 is 0 Å². The molecule has 0 fully saturated rings. The van der Waals surface area contributed by atoms with Crippen LogP contribution in [0, 0.1) is 34.1 Å². The van der Waals surface area contributed by atoms with Crippen molar-refractivity contribution in [2.45, 2.75) is 46.3 Å². The van der Waals surface area contributed by atoms with Crippen LogP contribution in [0.3, 0.4) is 0 Å². The van der Waals surface area contributed by atoms with Crippen molar-refractivity contribution in [2.75, 3.05) is 0 Å². The summed E-state index contributed by atoms with van der Waals surface area (Å²) in [5, 5.41) is 27.5. The molecule has 4 rings (SSSR count). The number of rotatable bonds is 8. The van der Waals surface area contributed by atoms with Gasteiger partial charge in [-0.2, -0.15) is 4.57 Å². The molecule has 1 aliphatic rings. The fraction of sp³-hybridized carbons (Fsp3) is 0.269. The third-order valence-electron chi connectivity index (χ3n) is 6.75. The van der Waals surface area contributed by atoms with Crippen LogP contribution in [0.1, 0.15) is 55.2 Å². The number of nitrogens with zero attached hydrogens (tertiary/aromatic N) is 3. The molecule has 1 aliphatic heterocycles. The van der Waals surface area contributed by atoms with Crippen molar-refractivity contribution in [3.05, 3.63) is 108 Å². The van der Waals surface area contributed by atoms with E-state index in [-0.39, 0.29) is 48.7 Å². The number of carbonyl (C=O) groups is 2. The Morgan fingerprint density at radius 3 is 1.71 bits per heavy atom. The van der Waals surface area contributed by atoms with Crippen molar-refractivity contribution in [1.82, 2.24) is 10.6 Å². The first-order valence-corrected chi connectivity index (χ1v) is 11.8. The highest BCUT2D eigenvalue weighted by Gasteiger charge is 2.30. The first kappa shape index (κ1) is 28.2. The molecule has 0 bridgehead atoms. The maximum absolute atomic E-state index is 12.7. The van der Waals surface area contributed by atoms with Crippen LogP contribution < -0.4 is 27.6 Å². The number of carbonyl (C=O) groups excluding carboxylic acids is 2. The van der Waals surface area contributed by atoms with Gasteiger partial charge in [-0.05, 0) is 36.8 Å². The maximum atomic E-state index is 12.7. The minimum absolute atomic E-state index is 0. The molecule has 2 aromatic carbocycles. The van der Waals surface area contributed by atoms with Gasteiger partial charge in [-0.15, -0.1) is 0 Å². The number of aromatic nitrogens is 1. The van der Waals surface area contributed by atoms with Crippen LogP contribution in [0.2, 0.25) is 0 Å². The Kier molecular flexibility index (Phi) is 8.74. The van der Waals surface area contributed by atoms with Gasteiger partial charge < -0.3 is 23.0 Å². The molecular weight excluding hydrogens is 514 g/mol. The number of non-ortho nitro benzene ring substituents is 2. The van der Waals surface area contributed by atoms with Gasteiger partial charge in [-0.3, -0.25) is 29.8 Å². The summed E-state index contributed by atoms with van der Waals surface area (Å²) in [6.07, 6.45) is 1.85. The van der Waals surface area contributed by atoms with Crippen LogP contribution in [0.4, 0.5) is 11.4 Å². The van der Waals surface area contributed by atoms with E-state index in [2.05, 4.69) is 15.2 Å². The van der Waals surface area contributed by atoms with Gasteiger partial charge in [0.25, 0.3) is 23.2 Å². The van der Waals surface area contributed by atoms with E-state index < -0.39 is 9.85 Å². The van der Waals surface area contributed by atoms with Gasteiger partial charge in [-0.1, -0.05) is 0 Å². The van der Waals surface area contributed by atoms with Crippen LogP contribution in [0.25, 0.3) is 0 Å². The summed E-state index contributed by atoms with van der Waals surface area (Å²) in [6, 6.07) is 10.9. The Morgan fingerprint density at radius 2 is 1.26 bits per heavy atom. The summed E-state index contributed by atoms with van der Waals surface area (Å²) < 4.78 is 2.22. The lowest BCUT2D eigenvalue weighted by molar-refractivity contribution is -0.697. The van der Waals surface area contributed by atoms with Crippen molar-refractivity contribution in [3.8, 4) is 0 Å². The second kappa shape index (κ2) is 11.8. The molecule has 0 spiro atoms. The van der Waals surface area contributed by atoms with Gasteiger partial charge in [0.15, 0.2) is 11.4 Å². The van der Waals surface area contributed by atoms with Crippen LogP contribution in [-0.4, -0.2) is 21.7 Å². The lowest BCUT2D eigenvalue weighted by Crippen LogP contribution is -3.00. The van der Waals surface area contributed by atoms with Gasteiger partial charge in [0, 0.05) is 79.4 Å². The summed E-state index contributed by atoms with van der Waals surface area (Å²) in [5.74, 6) is -0.674. The third kappa shape index (κ3) is 5.78. The Hall–Kier alpha value is -4.38. The summed E-state index contributed by atoms with van der Waals surface area (Å²) in [5.41, 5.74) is 5.57. The van der Waals surface area contributed by atoms with Crippen LogP contribution in [-0.2, 0) is 26.1 Å². The number of nitro groups is 2. The van der Waals surface area contributed by atoms with Crippen molar-refractivity contribution in [2.24, 2.45) is 0 Å². The molecule has 0 aliphatic carbocycles. The maximum Gasteiger partial charge on any atom is 0.269 e. The quantitative estimate of drug-likeness (QED) is 0.238. The number of nitrogens with one attached hydrogen (secondary N) is 2. The topological polar surface area (TPSA) is 148 Å². The largest absolute Gasteiger partial charge is 1.00 e. The molecule has 2 N–H and O–H groups in total. The Labute approximate surface area is 224 Å². The number of fused-ring (bicyclic) bond motifs is 1. The summed E-state index contributed by atoms with van der Waals surface area (Å²) in [6.45, 7) is 5.35. The molecule has 2 heterocycles. The SMILES string of the molecule is Cc1c(CNC(=O)c2ccc([N+](=O)[O-])cc2)c(C)[n+]2c(c1CNC(=O)c1ccc([N+](=O)[O-])cc1)CCC2.[Cl-]. The van der Waals surface area contributed by atoms with Crippen LogP contribution in [0.15, 0.2) is 48.5 Å². The number of halogens is 1. The molecule has 0 radical (unpaired) electrons. The smallest absolute Gasteiger partial charge is 0.269 e. The van der Waals surface area contributed by atoms with E-state index in [0.29, 0.717) is 11.1 Å². The van der Waals surface area contributed by atoms with Crippen LogP contribution in [0.5, 0.6) is 0 Å². The molecule has 38 heavy (non-hydrogen) atoms. The summed E-state index contributed by atoms with van der Waals surface area (Å²) >= 11 is 0. The molecule has 2 amide bonds. The Morgan fingerprint density at radius 1 is 0.816 bits per heavy atom. The molecule has 12 heteroatoms. The van der Waals surface area contributed by atoms with E-state index >= 15 is 0 Å². The normalized spacial score (nSPS) is 11.7. The van der Waals surface area contributed by atoms with E-state index in [1.807, 2.05) is 13.8 Å². The van der Waals surface area contributed by atoms with Crippen molar-refractivity contribution >= 4 is 23.2 Å². The van der Waals surface area contributed by atoms with Gasteiger partial charge in [0.1, 0.15) is 6.54 Å². The average Bonchev–Trinajstić information content (AvgIpc) is 3.38. The predicted octanol–water partition coefficient (Wildman–Crippen LogP) is 0.218. The van der Waals surface area contributed by atoms with Crippen molar-refractivity contribution in [3.63, 3.8) is 0 Å². The van der Waals surface area contributed by atoms with Gasteiger partial charge in [0.2, 0.25) is 0 Å². The molecule has 3 aromatic rings. The lowest BCUT2D eigenvalue weighted by Gasteiger charge is -2.16. The monoisotopic (exact) mass is 539 g/mol. The number of hydrogen-bond acceptors (Lipinski definition) is 6. The van der Waals surface area contributed by atoms with E-state index in [0.717, 1.165) is 47.5 Å². The molecule has 1 aromatic heterocycles. The number of hydrogen-bond donors (Lipinski definition) is 2. The Balaban J connectivity index is 0.00000400. The van der Waals surface area contributed by atoms with E-state index in [4.69, 9.17) is 0 Å². The lowest BCUT2D eigenvalue weighted by atomic mass is 9.98. The number of nitro benzene ring substituents is 2. The first-order chi connectivity index (χ1) is 17.7. The predicted molar refractivity (Wildman–Crippen MR) is 133 cm³/mol. The van der Waals surface area contributed by atoms with Gasteiger partial charge >= 0.3 is 0 Å². The minimum Gasteiger partial charge on any atom is -1.00 e. The number of amides is 2. The second-order valence-corrected chi connectivity index (χ2v) is 8.84. The zero-order chi connectivity index (χ0) is 26.7. The molecule has 0 saturated carbocycles. The highest BCUT2D eigenvalue weighted by atomic mass is 35.5.